The quantitative estimate of drug-likeness (QED) is 0.855. The summed E-state index contributed by atoms with van der Waals surface area (Å²) in [7, 11) is 1.88. The van der Waals surface area contributed by atoms with Crippen LogP contribution in [0.15, 0.2) is 36.5 Å². The van der Waals surface area contributed by atoms with Crippen molar-refractivity contribution in [2.45, 2.75) is 19.4 Å². The SMILES string of the molecule is Cc1ccc(C(N)C(=O)NCCc2ccnn2C)cc1. The van der Waals surface area contributed by atoms with E-state index in [-0.39, 0.29) is 5.91 Å². The standard InChI is InChI=1S/C15H20N4O/c1-11-3-5-12(6-4-11)14(16)15(20)17-9-7-13-8-10-18-19(13)2/h3-6,8,10,14H,7,9,16H2,1-2H3,(H,17,20). The Hall–Kier alpha value is -2.14. The number of nitrogens with zero attached hydrogens (tertiary/aromatic N) is 2. The Morgan fingerprint density at radius 3 is 2.65 bits per heavy atom. The van der Waals surface area contributed by atoms with Gasteiger partial charge in [-0.25, -0.2) is 0 Å². The summed E-state index contributed by atoms with van der Waals surface area (Å²) in [4.78, 5) is 12.0. The molecule has 3 N–H and O–H groups in total. The number of amides is 1. The number of hydrogen-bond acceptors (Lipinski definition) is 3. The summed E-state index contributed by atoms with van der Waals surface area (Å²) in [5.41, 5.74) is 9.00. The molecule has 1 atom stereocenters. The molecule has 0 radical (unpaired) electrons. The third-order valence-electron chi connectivity index (χ3n) is 3.32. The van der Waals surface area contributed by atoms with Crippen molar-refractivity contribution in [1.82, 2.24) is 15.1 Å². The average molecular weight is 272 g/mol. The van der Waals surface area contributed by atoms with E-state index in [9.17, 15) is 4.79 Å². The van der Waals surface area contributed by atoms with E-state index in [1.807, 2.05) is 44.3 Å². The molecule has 0 aliphatic carbocycles. The van der Waals surface area contributed by atoms with Gasteiger partial charge in [-0.05, 0) is 18.6 Å². The maximum Gasteiger partial charge on any atom is 0.241 e. The highest BCUT2D eigenvalue weighted by molar-refractivity contribution is 5.82. The number of aryl methyl sites for hydroxylation is 2. The Balaban J connectivity index is 1.85. The van der Waals surface area contributed by atoms with Gasteiger partial charge in [0.05, 0.1) is 0 Å². The number of carbonyl (C=O) groups is 1. The van der Waals surface area contributed by atoms with Crippen molar-refractivity contribution in [1.29, 1.82) is 0 Å². The molecule has 1 heterocycles. The summed E-state index contributed by atoms with van der Waals surface area (Å²) in [5.74, 6) is -0.156. The van der Waals surface area contributed by atoms with Gasteiger partial charge in [0.1, 0.15) is 6.04 Å². The van der Waals surface area contributed by atoms with Crippen LogP contribution in [0.2, 0.25) is 0 Å². The number of nitrogens with one attached hydrogen (secondary N) is 1. The largest absolute Gasteiger partial charge is 0.354 e. The summed E-state index contributed by atoms with van der Waals surface area (Å²) in [6, 6.07) is 9.01. The lowest BCUT2D eigenvalue weighted by Gasteiger charge is -2.13. The Labute approximate surface area is 118 Å². The molecule has 5 heteroatoms. The molecule has 2 aromatic rings. The normalized spacial score (nSPS) is 12.2. The molecule has 0 saturated heterocycles. The van der Waals surface area contributed by atoms with Crippen LogP contribution in [0.5, 0.6) is 0 Å². The molecule has 0 aliphatic rings. The van der Waals surface area contributed by atoms with Gasteiger partial charge in [0, 0.05) is 31.9 Å². The lowest BCUT2D eigenvalue weighted by atomic mass is 10.1. The molecular weight excluding hydrogens is 252 g/mol. The molecule has 5 nitrogen and oxygen atoms in total. The first-order chi connectivity index (χ1) is 9.58. The van der Waals surface area contributed by atoms with Crippen molar-refractivity contribution in [3.63, 3.8) is 0 Å². The van der Waals surface area contributed by atoms with Gasteiger partial charge in [-0.3, -0.25) is 9.48 Å². The first-order valence-electron chi connectivity index (χ1n) is 6.64. The van der Waals surface area contributed by atoms with E-state index in [0.29, 0.717) is 6.54 Å². The average Bonchev–Trinajstić information content (AvgIpc) is 2.84. The van der Waals surface area contributed by atoms with Gasteiger partial charge in [0.15, 0.2) is 0 Å². The molecule has 2 rings (SSSR count). The van der Waals surface area contributed by atoms with Gasteiger partial charge < -0.3 is 11.1 Å². The predicted molar refractivity (Wildman–Crippen MR) is 78.0 cm³/mol. The highest BCUT2D eigenvalue weighted by Gasteiger charge is 2.14. The topological polar surface area (TPSA) is 72.9 Å². The molecule has 0 aliphatic heterocycles. The monoisotopic (exact) mass is 272 g/mol. The first kappa shape index (κ1) is 14.3. The van der Waals surface area contributed by atoms with Crippen LogP contribution in [0.1, 0.15) is 22.9 Å². The zero-order valence-corrected chi connectivity index (χ0v) is 11.8. The number of aromatic nitrogens is 2. The molecule has 0 saturated carbocycles. The van der Waals surface area contributed by atoms with Crippen molar-refractivity contribution < 1.29 is 4.79 Å². The van der Waals surface area contributed by atoms with E-state index in [4.69, 9.17) is 5.73 Å². The number of hydrogen-bond donors (Lipinski definition) is 2. The van der Waals surface area contributed by atoms with Gasteiger partial charge >= 0.3 is 0 Å². The summed E-state index contributed by atoms with van der Waals surface area (Å²) in [5, 5.41) is 6.94. The second kappa shape index (κ2) is 6.34. The molecule has 106 valence electrons. The van der Waals surface area contributed by atoms with Crippen molar-refractivity contribution in [3.05, 3.63) is 53.3 Å². The van der Waals surface area contributed by atoms with Crippen molar-refractivity contribution in [3.8, 4) is 0 Å². The molecule has 0 fully saturated rings. The molecule has 1 unspecified atom stereocenters. The van der Waals surface area contributed by atoms with Crippen LogP contribution in [-0.2, 0) is 18.3 Å². The molecule has 20 heavy (non-hydrogen) atoms. The fraction of sp³-hybridized carbons (Fsp3) is 0.333. The van der Waals surface area contributed by atoms with Crippen LogP contribution in [-0.4, -0.2) is 22.2 Å². The fourth-order valence-corrected chi connectivity index (χ4v) is 2.00. The number of rotatable bonds is 5. The minimum Gasteiger partial charge on any atom is -0.354 e. The highest BCUT2D eigenvalue weighted by atomic mass is 16.2. The zero-order valence-electron chi connectivity index (χ0n) is 11.8. The second-order valence-electron chi connectivity index (χ2n) is 4.88. The number of nitrogens with two attached hydrogens (primary N) is 1. The minimum atomic E-state index is -0.623. The number of benzene rings is 1. The van der Waals surface area contributed by atoms with E-state index in [0.717, 1.165) is 23.2 Å². The molecule has 0 bridgehead atoms. The summed E-state index contributed by atoms with van der Waals surface area (Å²) >= 11 is 0. The Morgan fingerprint density at radius 1 is 1.35 bits per heavy atom. The predicted octanol–water partition coefficient (Wildman–Crippen LogP) is 1.09. The summed E-state index contributed by atoms with van der Waals surface area (Å²) in [6.45, 7) is 2.56. The highest BCUT2D eigenvalue weighted by Crippen LogP contribution is 2.11. The van der Waals surface area contributed by atoms with E-state index >= 15 is 0 Å². The van der Waals surface area contributed by atoms with Crippen LogP contribution in [0.25, 0.3) is 0 Å². The van der Waals surface area contributed by atoms with Gasteiger partial charge in [-0.15, -0.1) is 0 Å². The van der Waals surface area contributed by atoms with Crippen LogP contribution in [0, 0.1) is 6.92 Å². The zero-order chi connectivity index (χ0) is 14.5. The van der Waals surface area contributed by atoms with E-state index < -0.39 is 6.04 Å². The smallest absolute Gasteiger partial charge is 0.241 e. The second-order valence-corrected chi connectivity index (χ2v) is 4.88. The Bertz CT molecular complexity index is 574. The number of carbonyl (C=O) groups excluding carboxylic acids is 1. The van der Waals surface area contributed by atoms with E-state index in [1.54, 1.807) is 10.9 Å². The van der Waals surface area contributed by atoms with Crippen LogP contribution in [0.3, 0.4) is 0 Å². The Kier molecular flexibility index (Phi) is 4.53. The third kappa shape index (κ3) is 3.45. The van der Waals surface area contributed by atoms with Gasteiger partial charge in [-0.1, -0.05) is 29.8 Å². The molecule has 0 spiro atoms. The van der Waals surface area contributed by atoms with Crippen molar-refractivity contribution in [2.75, 3.05) is 6.54 Å². The van der Waals surface area contributed by atoms with Crippen LogP contribution in [0.4, 0.5) is 0 Å². The molecule has 1 amide bonds. The summed E-state index contributed by atoms with van der Waals surface area (Å²) in [6.07, 6.45) is 2.48. The maximum absolute atomic E-state index is 12.0. The Morgan fingerprint density at radius 2 is 2.05 bits per heavy atom. The lowest BCUT2D eigenvalue weighted by molar-refractivity contribution is -0.122. The maximum atomic E-state index is 12.0. The molecular formula is C15H20N4O. The lowest BCUT2D eigenvalue weighted by Crippen LogP contribution is -2.35. The first-order valence-corrected chi connectivity index (χ1v) is 6.64. The van der Waals surface area contributed by atoms with Gasteiger partial charge in [-0.2, -0.15) is 5.10 Å². The van der Waals surface area contributed by atoms with Crippen molar-refractivity contribution in [2.24, 2.45) is 12.8 Å². The summed E-state index contributed by atoms with van der Waals surface area (Å²) < 4.78 is 1.80. The third-order valence-corrected chi connectivity index (χ3v) is 3.32. The van der Waals surface area contributed by atoms with Crippen LogP contribution >= 0.6 is 0 Å². The molecule has 1 aromatic heterocycles. The van der Waals surface area contributed by atoms with Gasteiger partial charge in [0.2, 0.25) is 5.91 Å². The van der Waals surface area contributed by atoms with Gasteiger partial charge in [0.25, 0.3) is 0 Å². The van der Waals surface area contributed by atoms with Crippen molar-refractivity contribution >= 4 is 5.91 Å². The van der Waals surface area contributed by atoms with E-state index in [1.165, 1.54) is 0 Å². The fourth-order valence-electron chi connectivity index (χ4n) is 2.00. The minimum absolute atomic E-state index is 0.156. The van der Waals surface area contributed by atoms with Crippen LogP contribution < -0.4 is 11.1 Å². The van der Waals surface area contributed by atoms with E-state index in [2.05, 4.69) is 10.4 Å². The molecule has 1 aromatic carbocycles.